The minimum atomic E-state index is -4.49. The van der Waals surface area contributed by atoms with Crippen LogP contribution in [0, 0.1) is 0 Å². The molecule has 1 unspecified atom stereocenters. The second-order valence-corrected chi connectivity index (χ2v) is 5.14. The Balaban J connectivity index is 2.35. The SMILES string of the molecule is O=C(NCC(F)(F)F)NC1C=CS(=O)(=O)C1. The van der Waals surface area contributed by atoms with Crippen molar-refractivity contribution in [1.29, 1.82) is 0 Å². The largest absolute Gasteiger partial charge is 0.405 e. The molecule has 1 rings (SSSR count). The van der Waals surface area contributed by atoms with Crippen LogP contribution in [0.2, 0.25) is 0 Å². The predicted molar refractivity (Wildman–Crippen MR) is 49.3 cm³/mol. The summed E-state index contributed by atoms with van der Waals surface area (Å²) in [4.78, 5) is 10.9. The molecular formula is C7H9F3N2O3S. The molecule has 0 fully saturated rings. The Bertz CT molecular complexity index is 402. The molecule has 0 radical (unpaired) electrons. The van der Waals surface area contributed by atoms with Gasteiger partial charge in [0.15, 0.2) is 9.84 Å². The van der Waals surface area contributed by atoms with Crippen molar-refractivity contribution in [1.82, 2.24) is 10.6 Å². The highest BCUT2D eigenvalue weighted by atomic mass is 32.2. The Hall–Kier alpha value is -1.25. The van der Waals surface area contributed by atoms with Crippen molar-refractivity contribution in [3.63, 3.8) is 0 Å². The molecule has 0 bridgehead atoms. The second kappa shape index (κ2) is 4.32. The smallest absolute Gasteiger partial charge is 0.331 e. The predicted octanol–water partition coefficient (Wildman–Crippen LogP) is 0.159. The van der Waals surface area contributed by atoms with E-state index in [1.54, 1.807) is 5.32 Å². The van der Waals surface area contributed by atoms with Crippen LogP contribution in [0.4, 0.5) is 18.0 Å². The fourth-order valence-corrected chi connectivity index (χ4v) is 2.30. The lowest BCUT2D eigenvalue weighted by Gasteiger charge is -2.12. The maximum Gasteiger partial charge on any atom is 0.405 e. The normalized spacial score (nSPS) is 23.1. The number of hydrogen-bond acceptors (Lipinski definition) is 3. The zero-order valence-electron chi connectivity index (χ0n) is 7.91. The van der Waals surface area contributed by atoms with Crippen LogP contribution in [0.25, 0.3) is 0 Å². The van der Waals surface area contributed by atoms with E-state index in [9.17, 15) is 26.4 Å². The standard InChI is InChI=1S/C7H9F3N2O3S/c8-7(9,10)4-11-6(13)12-5-1-2-16(14,15)3-5/h1-2,5H,3-4H2,(H2,11,12,13). The molecule has 0 aromatic heterocycles. The van der Waals surface area contributed by atoms with Gasteiger partial charge in [-0.3, -0.25) is 0 Å². The molecule has 1 aliphatic rings. The van der Waals surface area contributed by atoms with E-state index in [4.69, 9.17) is 0 Å². The molecule has 16 heavy (non-hydrogen) atoms. The number of sulfone groups is 1. The van der Waals surface area contributed by atoms with E-state index in [1.165, 1.54) is 6.08 Å². The van der Waals surface area contributed by atoms with Crippen LogP contribution < -0.4 is 10.6 Å². The molecule has 0 aliphatic carbocycles. The van der Waals surface area contributed by atoms with Gasteiger partial charge in [0.05, 0.1) is 11.8 Å². The lowest BCUT2D eigenvalue weighted by molar-refractivity contribution is -0.122. The summed E-state index contributed by atoms with van der Waals surface area (Å²) in [6.45, 7) is -1.46. The molecule has 5 nitrogen and oxygen atoms in total. The monoisotopic (exact) mass is 258 g/mol. The van der Waals surface area contributed by atoms with Gasteiger partial charge in [-0.05, 0) is 6.08 Å². The van der Waals surface area contributed by atoms with Crippen LogP contribution in [0.5, 0.6) is 0 Å². The zero-order valence-corrected chi connectivity index (χ0v) is 8.73. The number of alkyl halides is 3. The Morgan fingerprint density at radius 3 is 2.50 bits per heavy atom. The van der Waals surface area contributed by atoms with Crippen LogP contribution in [-0.2, 0) is 9.84 Å². The van der Waals surface area contributed by atoms with Gasteiger partial charge in [-0.15, -0.1) is 0 Å². The highest BCUT2D eigenvalue weighted by molar-refractivity contribution is 7.94. The molecule has 0 aromatic rings. The van der Waals surface area contributed by atoms with Crippen molar-refractivity contribution in [3.05, 3.63) is 11.5 Å². The van der Waals surface area contributed by atoms with Gasteiger partial charge in [0, 0.05) is 5.41 Å². The first-order valence-corrected chi connectivity index (χ1v) is 5.91. The van der Waals surface area contributed by atoms with E-state index >= 15 is 0 Å². The minimum Gasteiger partial charge on any atom is -0.331 e. The molecule has 1 aliphatic heterocycles. The summed E-state index contributed by atoms with van der Waals surface area (Å²) in [6.07, 6.45) is -3.28. The molecule has 0 saturated carbocycles. The first kappa shape index (κ1) is 12.8. The van der Waals surface area contributed by atoms with Crippen LogP contribution >= 0.6 is 0 Å². The summed E-state index contributed by atoms with van der Waals surface area (Å²) >= 11 is 0. The third-order valence-electron chi connectivity index (χ3n) is 1.70. The summed E-state index contributed by atoms with van der Waals surface area (Å²) < 4.78 is 56.9. The van der Waals surface area contributed by atoms with Crippen molar-refractivity contribution in [2.45, 2.75) is 12.2 Å². The molecule has 0 aromatic carbocycles. The van der Waals surface area contributed by atoms with Gasteiger partial charge >= 0.3 is 12.2 Å². The van der Waals surface area contributed by atoms with Gasteiger partial charge in [0.25, 0.3) is 0 Å². The van der Waals surface area contributed by atoms with Gasteiger partial charge in [-0.2, -0.15) is 13.2 Å². The van der Waals surface area contributed by atoms with Gasteiger partial charge in [-0.25, -0.2) is 13.2 Å². The van der Waals surface area contributed by atoms with Crippen molar-refractivity contribution in [2.75, 3.05) is 12.3 Å². The van der Waals surface area contributed by atoms with Crippen molar-refractivity contribution < 1.29 is 26.4 Å². The average molecular weight is 258 g/mol. The number of urea groups is 1. The summed E-state index contributed by atoms with van der Waals surface area (Å²) in [5.74, 6) is -0.327. The second-order valence-electron chi connectivity index (χ2n) is 3.21. The van der Waals surface area contributed by atoms with E-state index < -0.39 is 34.6 Å². The number of amides is 2. The average Bonchev–Trinajstić information content (AvgIpc) is 2.41. The van der Waals surface area contributed by atoms with Gasteiger partial charge in [0.1, 0.15) is 6.54 Å². The van der Waals surface area contributed by atoms with E-state index in [0.717, 1.165) is 5.41 Å². The molecular weight excluding hydrogens is 249 g/mol. The van der Waals surface area contributed by atoms with Crippen LogP contribution in [0.3, 0.4) is 0 Å². The Morgan fingerprint density at radius 1 is 1.44 bits per heavy atom. The molecule has 2 N–H and O–H groups in total. The maximum atomic E-state index is 11.7. The van der Waals surface area contributed by atoms with Crippen molar-refractivity contribution in [3.8, 4) is 0 Å². The third-order valence-corrected chi connectivity index (χ3v) is 3.09. The van der Waals surface area contributed by atoms with Gasteiger partial charge in [0.2, 0.25) is 0 Å². The number of halogens is 3. The number of carbonyl (C=O) groups excluding carboxylic acids is 1. The number of carbonyl (C=O) groups is 1. The summed E-state index contributed by atoms with van der Waals surface area (Å²) in [5.41, 5.74) is 0. The van der Waals surface area contributed by atoms with Crippen molar-refractivity contribution >= 4 is 15.9 Å². The van der Waals surface area contributed by atoms with Crippen LogP contribution in [-0.4, -0.2) is 39.0 Å². The Labute approximate surface area is 89.6 Å². The molecule has 1 heterocycles. The summed E-state index contributed by atoms with van der Waals surface area (Å²) in [6, 6.07) is -1.83. The Kier molecular flexibility index (Phi) is 3.46. The fraction of sp³-hybridized carbons (Fsp3) is 0.571. The fourth-order valence-electron chi connectivity index (χ4n) is 1.07. The molecule has 92 valence electrons. The lowest BCUT2D eigenvalue weighted by atomic mass is 10.3. The summed E-state index contributed by atoms with van der Waals surface area (Å²) in [7, 11) is -3.33. The third kappa shape index (κ3) is 4.51. The van der Waals surface area contributed by atoms with E-state index in [-0.39, 0.29) is 5.75 Å². The highest BCUT2D eigenvalue weighted by Crippen LogP contribution is 2.12. The topological polar surface area (TPSA) is 75.3 Å². The molecule has 9 heteroatoms. The Morgan fingerprint density at radius 2 is 2.06 bits per heavy atom. The molecule has 0 spiro atoms. The lowest BCUT2D eigenvalue weighted by Crippen LogP contribution is -2.45. The quantitative estimate of drug-likeness (QED) is 0.740. The molecule has 1 atom stereocenters. The van der Waals surface area contributed by atoms with Gasteiger partial charge in [-0.1, -0.05) is 0 Å². The van der Waals surface area contributed by atoms with Gasteiger partial charge < -0.3 is 10.6 Å². The molecule has 2 amide bonds. The number of hydrogen-bond donors (Lipinski definition) is 2. The summed E-state index contributed by atoms with van der Waals surface area (Å²) in [5, 5.41) is 4.58. The number of rotatable bonds is 2. The van der Waals surface area contributed by atoms with Crippen LogP contribution in [0.1, 0.15) is 0 Å². The first-order chi connectivity index (χ1) is 7.18. The van der Waals surface area contributed by atoms with E-state index in [1.807, 2.05) is 0 Å². The minimum absolute atomic E-state index is 0.327. The number of nitrogens with one attached hydrogen (secondary N) is 2. The van der Waals surface area contributed by atoms with Crippen LogP contribution in [0.15, 0.2) is 11.5 Å². The first-order valence-electron chi connectivity index (χ1n) is 4.20. The maximum absolute atomic E-state index is 11.7. The van der Waals surface area contributed by atoms with E-state index in [2.05, 4.69) is 5.32 Å². The zero-order chi connectivity index (χ0) is 12.4. The highest BCUT2D eigenvalue weighted by Gasteiger charge is 2.29. The van der Waals surface area contributed by atoms with Crippen molar-refractivity contribution in [2.24, 2.45) is 0 Å². The van der Waals surface area contributed by atoms with E-state index in [0.29, 0.717) is 0 Å². The molecule has 0 saturated heterocycles.